The van der Waals surface area contributed by atoms with Crippen molar-refractivity contribution in [2.45, 2.75) is 30.8 Å². The average Bonchev–Trinajstić information content (AvgIpc) is 3.35. The third kappa shape index (κ3) is 4.47. The summed E-state index contributed by atoms with van der Waals surface area (Å²) in [5.41, 5.74) is 3.65. The van der Waals surface area contributed by atoms with E-state index in [1.807, 2.05) is 30.3 Å². The number of fused-ring (bicyclic) bond motifs is 2. The molecule has 0 spiro atoms. The molecule has 10 nitrogen and oxygen atoms in total. The number of nitrogen functional groups attached to an aromatic ring is 1. The van der Waals surface area contributed by atoms with Crippen LogP contribution in [0.25, 0.3) is 21.9 Å². The van der Waals surface area contributed by atoms with E-state index in [1.54, 1.807) is 31.1 Å². The Morgan fingerprint density at radius 2 is 1.95 bits per heavy atom. The highest BCUT2D eigenvalue weighted by Crippen LogP contribution is 2.49. The number of rotatable bonds is 7. The van der Waals surface area contributed by atoms with Crippen molar-refractivity contribution in [3.05, 3.63) is 48.8 Å². The fraction of sp³-hybridized carbons (Fsp3) is 0.348. The molecule has 2 aromatic carbocycles. The van der Waals surface area contributed by atoms with Crippen molar-refractivity contribution in [3.63, 3.8) is 0 Å². The molecular formula is C23H24F2N6O4PS+. The van der Waals surface area contributed by atoms with Crippen LogP contribution >= 0.6 is 7.15 Å². The zero-order valence-electron chi connectivity index (χ0n) is 20.1. The van der Waals surface area contributed by atoms with Gasteiger partial charge in [0.1, 0.15) is 0 Å². The minimum absolute atomic E-state index is 0.0887. The maximum Gasteiger partial charge on any atom is 0.574 e. The van der Waals surface area contributed by atoms with Crippen molar-refractivity contribution in [2.75, 3.05) is 31.3 Å². The summed E-state index contributed by atoms with van der Waals surface area (Å²) in [5, 5.41) is 12.4. The number of hydrogen-bond donors (Lipinski definition) is 2. The van der Waals surface area contributed by atoms with E-state index in [0.717, 1.165) is 17.7 Å². The Hall–Kier alpha value is -3.09. The maximum absolute atomic E-state index is 15.9. The monoisotopic (exact) mass is 549 g/mol. The van der Waals surface area contributed by atoms with Crippen LogP contribution in [0.3, 0.4) is 0 Å². The Morgan fingerprint density at radius 3 is 2.70 bits per heavy atom. The minimum Gasteiger partial charge on any atom is -0.383 e. The second-order valence-electron chi connectivity index (χ2n) is 9.00. The van der Waals surface area contributed by atoms with Gasteiger partial charge in [-0.25, -0.2) is 18.3 Å². The number of halogens is 2. The molecule has 14 heteroatoms. The standard InChI is InChI=1S/C23H24F2N6O4PS/c1-22(24)19(32)23(25,11-33-36(37)35-15-10-6-8-13-7-4-5-9-14(13)15)34-20(22)31-12-27-16-17(30(2)3)28-21(26)29-18(16)31/h4-10,12,19-20,32H,11H2,1-3H3,(H2,26,28,29)/q+1/t19-,20+,22+,23+/m0/s1. The zero-order chi connectivity index (χ0) is 26.5. The number of anilines is 2. The molecule has 0 aliphatic carbocycles. The van der Waals surface area contributed by atoms with Crippen LogP contribution in [0.5, 0.6) is 5.75 Å². The molecule has 194 valence electrons. The van der Waals surface area contributed by atoms with Gasteiger partial charge in [0.05, 0.1) is 6.33 Å². The summed E-state index contributed by atoms with van der Waals surface area (Å²) in [6.07, 6.45) is -2.62. The third-order valence-electron chi connectivity index (χ3n) is 6.12. The summed E-state index contributed by atoms with van der Waals surface area (Å²) in [5.74, 6) is -2.17. The van der Waals surface area contributed by atoms with Gasteiger partial charge in [0.25, 0.3) is 5.85 Å². The zero-order valence-corrected chi connectivity index (χ0v) is 21.8. The number of benzene rings is 2. The molecule has 1 aliphatic rings. The molecular weight excluding hydrogens is 525 g/mol. The molecule has 0 radical (unpaired) electrons. The van der Waals surface area contributed by atoms with E-state index in [4.69, 9.17) is 31.3 Å². The number of nitrogens with zero attached hydrogens (tertiary/aromatic N) is 5. The minimum atomic E-state index is -2.94. The largest absolute Gasteiger partial charge is 0.574 e. The first-order valence-electron chi connectivity index (χ1n) is 11.2. The van der Waals surface area contributed by atoms with E-state index in [9.17, 15) is 5.11 Å². The fourth-order valence-corrected chi connectivity index (χ4v) is 5.34. The molecule has 1 unspecified atom stereocenters. The highest BCUT2D eigenvalue weighted by Gasteiger charge is 2.65. The van der Waals surface area contributed by atoms with Crippen LogP contribution in [0.4, 0.5) is 20.5 Å². The first-order valence-corrected chi connectivity index (χ1v) is 13.4. The van der Waals surface area contributed by atoms with Gasteiger partial charge in [-0.05, 0) is 18.4 Å². The van der Waals surface area contributed by atoms with E-state index >= 15 is 8.78 Å². The number of aliphatic hydroxyl groups excluding tert-OH is 1. The predicted octanol–water partition coefficient (Wildman–Crippen LogP) is 3.78. The molecule has 1 saturated heterocycles. The van der Waals surface area contributed by atoms with Crippen LogP contribution in [0, 0.1) is 0 Å². The van der Waals surface area contributed by atoms with Crippen molar-refractivity contribution < 1.29 is 27.7 Å². The lowest BCUT2D eigenvalue weighted by Gasteiger charge is -2.24. The number of ether oxygens (including phenoxy) is 1. The van der Waals surface area contributed by atoms with E-state index in [2.05, 4.69) is 15.0 Å². The first-order chi connectivity index (χ1) is 17.5. The number of alkyl halides is 2. The van der Waals surface area contributed by atoms with Crippen LogP contribution in [0.2, 0.25) is 0 Å². The molecule has 3 N–H and O–H groups in total. The molecule has 5 rings (SSSR count). The Balaban J connectivity index is 1.37. The summed E-state index contributed by atoms with van der Waals surface area (Å²) in [6, 6.07) is 12.9. The number of imidazole rings is 1. The van der Waals surface area contributed by atoms with Crippen LogP contribution in [0.15, 0.2) is 48.8 Å². The summed E-state index contributed by atoms with van der Waals surface area (Å²) in [6.45, 7) is 0.160. The lowest BCUT2D eigenvalue weighted by Crippen LogP contribution is -2.46. The van der Waals surface area contributed by atoms with Gasteiger partial charge in [0.2, 0.25) is 17.8 Å². The number of aromatic nitrogens is 4. The summed E-state index contributed by atoms with van der Waals surface area (Å²) in [7, 11) is 1.39. The number of nitrogens with two attached hydrogens (primary N) is 1. The second-order valence-corrected chi connectivity index (χ2v) is 10.8. The molecule has 0 saturated carbocycles. The molecule has 0 bridgehead atoms. The SMILES string of the molecule is CN(C)c1nc(N)nc2c1ncn2[C@@H]1O[C@](F)(CO[P+](=S)Oc2cccc3ccccc23)[C@@H](O)[C@@]1(C)F. The highest BCUT2D eigenvalue weighted by molar-refractivity contribution is 8.00. The van der Waals surface area contributed by atoms with Gasteiger partial charge in [-0.2, -0.15) is 9.97 Å². The quantitative estimate of drug-likeness (QED) is 0.330. The average molecular weight is 550 g/mol. The summed E-state index contributed by atoms with van der Waals surface area (Å²) >= 11 is 5.26. The van der Waals surface area contributed by atoms with Crippen molar-refractivity contribution in [2.24, 2.45) is 0 Å². The van der Waals surface area contributed by atoms with Crippen molar-refractivity contribution in [3.8, 4) is 5.75 Å². The molecule has 0 amide bonds. The van der Waals surface area contributed by atoms with Gasteiger partial charge in [-0.15, -0.1) is 4.52 Å². The van der Waals surface area contributed by atoms with Gasteiger partial charge in [0, 0.05) is 19.5 Å². The van der Waals surface area contributed by atoms with Crippen LogP contribution in [0.1, 0.15) is 13.2 Å². The summed E-state index contributed by atoms with van der Waals surface area (Å²) in [4.78, 5) is 14.2. The topological polar surface area (TPSA) is 121 Å². The van der Waals surface area contributed by atoms with Gasteiger partial charge in [-0.3, -0.25) is 4.57 Å². The Kier molecular flexibility index (Phi) is 6.45. The van der Waals surface area contributed by atoms with Crippen LogP contribution < -0.4 is 15.2 Å². The molecule has 1 fully saturated rings. The molecule has 2 aromatic heterocycles. The Morgan fingerprint density at radius 1 is 1.22 bits per heavy atom. The number of hydrogen-bond acceptors (Lipinski definition) is 10. The van der Waals surface area contributed by atoms with Gasteiger partial charge < -0.3 is 20.5 Å². The van der Waals surface area contributed by atoms with E-state index in [0.29, 0.717) is 17.1 Å². The third-order valence-corrected chi connectivity index (χ3v) is 7.34. The molecule has 5 atom stereocenters. The van der Waals surface area contributed by atoms with Gasteiger partial charge >= 0.3 is 7.15 Å². The molecule has 37 heavy (non-hydrogen) atoms. The van der Waals surface area contributed by atoms with Crippen molar-refractivity contribution in [1.82, 2.24) is 19.5 Å². The van der Waals surface area contributed by atoms with Crippen molar-refractivity contribution in [1.29, 1.82) is 0 Å². The maximum atomic E-state index is 15.9. The van der Waals surface area contributed by atoms with Crippen LogP contribution in [-0.2, 0) is 21.1 Å². The second kappa shape index (κ2) is 9.34. The van der Waals surface area contributed by atoms with Gasteiger partial charge in [-0.1, -0.05) is 36.4 Å². The fourth-order valence-electron chi connectivity index (χ4n) is 4.29. The normalized spacial score (nSPS) is 26.1. The molecule has 3 heterocycles. The highest BCUT2D eigenvalue weighted by atomic mass is 32.4. The molecule has 1 aliphatic heterocycles. The van der Waals surface area contributed by atoms with Gasteiger partial charge in [0.15, 0.2) is 47.3 Å². The van der Waals surface area contributed by atoms with E-state index < -0.39 is 37.6 Å². The Bertz CT molecular complexity index is 1500. The lowest BCUT2D eigenvalue weighted by atomic mass is 9.97. The molecule has 4 aromatic rings. The Labute approximate surface area is 216 Å². The summed E-state index contributed by atoms with van der Waals surface area (Å²) < 4.78 is 49.4. The van der Waals surface area contributed by atoms with Crippen LogP contribution in [-0.4, -0.2) is 63.0 Å². The number of aliphatic hydroxyl groups is 1. The first kappa shape index (κ1) is 25.6. The lowest BCUT2D eigenvalue weighted by molar-refractivity contribution is -0.201. The van der Waals surface area contributed by atoms with Crippen molar-refractivity contribution >= 4 is 52.7 Å². The smallest absolute Gasteiger partial charge is 0.383 e. The predicted molar refractivity (Wildman–Crippen MR) is 138 cm³/mol. The van der Waals surface area contributed by atoms with E-state index in [-0.39, 0.29) is 11.6 Å². The van der Waals surface area contributed by atoms with E-state index in [1.165, 1.54) is 10.9 Å².